The van der Waals surface area contributed by atoms with Crippen molar-refractivity contribution in [3.63, 3.8) is 0 Å². The molecule has 1 heterocycles. The Morgan fingerprint density at radius 3 is 2.28 bits per heavy atom. The van der Waals surface area contributed by atoms with Crippen molar-refractivity contribution >= 4 is 11.8 Å². The first kappa shape index (κ1) is 22.3. The molecule has 1 aliphatic heterocycles. The molecule has 5 heteroatoms. The van der Waals surface area contributed by atoms with Gasteiger partial charge in [0.05, 0.1) is 6.04 Å². The zero-order valence-electron chi connectivity index (χ0n) is 18.6. The molecular weight excluding hydrogens is 398 g/mol. The summed E-state index contributed by atoms with van der Waals surface area (Å²) in [5.74, 6) is 0.124. The number of nitrogens with zero attached hydrogens (tertiary/aromatic N) is 1. The van der Waals surface area contributed by atoms with E-state index in [0.717, 1.165) is 38.5 Å². The average Bonchev–Trinajstić information content (AvgIpc) is 3.51. The van der Waals surface area contributed by atoms with Gasteiger partial charge in [-0.3, -0.25) is 9.59 Å². The third-order valence-corrected chi connectivity index (χ3v) is 6.75. The lowest BCUT2D eigenvalue weighted by molar-refractivity contribution is -0.127. The summed E-state index contributed by atoms with van der Waals surface area (Å²) in [7, 11) is 0. The number of amides is 2. The molecule has 1 fully saturated rings. The van der Waals surface area contributed by atoms with E-state index < -0.39 is 6.04 Å². The number of aryl methyl sites for hydroxylation is 1. The Morgan fingerprint density at radius 2 is 1.62 bits per heavy atom. The van der Waals surface area contributed by atoms with Gasteiger partial charge in [0, 0.05) is 25.2 Å². The number of fused-ring (bicyclic) bond motifs is 1. The molecule has 1 saturated carbocycles. The lowest BCUT2D eigenvalue weighted by Crippen LogP contribution is -2.48. The molecule has 0 radical (unpaired) electrons. The Hall–Kier alpha value is -2.92. The average molecular weight is 432 g/mol. The van der Waals surface area contributed by atoms with Crippen LogP contribution in [0.1, 0.15) is 48.8 Å². The Morgan fingerprint density at radius 1 is 1.00 bits per heavy atom. The number of nitrogens with two attached hydrogens (primary N) is 1. The van der Waals surface area contributed by atoms with Crippen LogP contribution in [-0.4, -0.2) is 28.8 Å². The van der Waals surface area contributed by atoms with Crippen LogP contribution in [0.2, 0.25) is 0 Å². The summed E-state index contributed by atoms with van der Waals surface area (Å²) in [4.78, 5) is 27.5. The van der Waals surface area contributed by atoms with Crippen LogP contribution in [0, 0.1) is 5.92 Å². The summed E-state index contributed by atoms with van der Waals surface area (Å²) in [6.07, 6.45) is 9.33. The van der Waals surface area contributed by atoms with E-state index >= 15 is 0 Å². The first-order chi connectivity index (χ1) is 15.6. The fraction of sp³-hybridized carbons (Fsp3) is 0.407. The van der Waals surface area contributed by atoms with Crippen molar-refractivity contribution in [2.24, 2.45) is 11.7 Å². The Balaban J connectivity index is 1.39. The molecule has 3 N–H and O–H groups in total. The van der Waals surface area contributed by atoms with Gasteiger partial charge >= 0.3 is 0 Å². The van der Waals surface area contributed by atoms with Gasteiger partial charge in [0.2, 0.25) is 11.8 Å². The Bertz CT molecular complexity index is 925. The van der Waals surface area contributed by atoms with Crippen LogP contribution in [-0.2, 0) is 29.1 Å². The lowest BCUT2D eigenvalue weighted by atomic mass is 9.97. The van der Waals surface area contributed by atoms with Crippen molar-refractivity contribution < 1.29 is 9.59 Å². The summed E-state index contributed by atoms with van der Waals surface area (Å²) in [5.41, 5.74) is 9.88. The molecule has 2 atom stereocenters. The molecule has 1 unspecified atom stereocenters. The van der Waals surface area contributed by atoms with Crippen molar-refractivity contribution in [1.82, 2.24) is 10.2 Å². The van der Waals surface area contributed by atoms with Gasteiger partial charge in [0.1, 0.15) is 0 Å². The Labute approximate surface area is 190 Å². The molecule has 4 rings (SSSR count). The highest BCUT2D eigenvalue weighted by Gasteiger charge is 2.28. The molecule has 5 nitrogen and oxygen atoms in total. The van der Waals surface area contributed by atoms with Crippen molar-refractivity contribution in [3.05, 3.63) is 83.4 Å². The van der Waals surface area contributed by atoms with Gasteiger partial charge in [-0.15, -0.1) is 0 Å². The third-order valence-electron chi connectivity index (χ3n) is 6.75. The highest BCUT2D eigenvalue weighted by atomic mass is 16.2. The summed E-state index contributed by atoms with van der Waals surface area (Å²) in [6.45, 7) is 1.26. The highest BCUT2D eigenvalue weighted by molar-refractivity contribution is 5.88. The molecule has 32 heavy (non-hydrogen) atoms. The van der Waals surface area contributed by atoms with Gasteiger partial charge in [-0.2, -0.15) is 0 Å². The second-order valence-corrected chi connectivity index (χ2v) is 9.03. The lowest BCUT2D eigenvalue weighted by Gasteiger charge is -2.22. The van der Waals surface area contributed by atoms with E-state index in [1.54, 1.807) is 6.08 Å². The van der Waals surface area contributed by atoms with Gasteiger partial charge in [-0.25, -0.2) is 0 Å². The number of rotatable bonds is 8. The summed E-state index contributed by atoms with van der Waals surface area (Å²) < 4.78 is 0. The van der Waals surface area contributed by atoms with Gasteiger partial charge in [0.15, 0.2) is 0 Å². The maximum Gasteiger partial charge on any atom is 0.246 e. The van der Waals surface area contributed by atoms with Crippen LogP contribution in [0.15, 0.2) is 66.7 Å². The molecule has 2 aliphatic rings. The smallest absolute Gasteiger partial charge is 0.246 e. The van der Waals surface area contributed by atoms with E-state index in [0.29, 0.717) is 13.1 Å². The van der Waals surface area contributed by atoms with Crippen molar-refractivity contribution in [2.75, 3.05) is 0 Å². The Kier molecular flexibility index (Phi) is 7.38. The minimum Gasteiger partial charge on any atom is -0.349 e. The first-order valence-electron chi connectivity index (χ1n) is 11.7. The molecule has 0 bridgehead atoms. The summed E-state index contributed by atoms with van der Waals surface area (Å²) >= 11 is 0. The van der Waals surface area contributed by atoms with Gasteiger partial charge in [0.25, 0.3) is 0 Å². The van der Waals surface area contributed by atoms with Crippen LogP contribution < -0.4 is 11.1 Å². The number of hydrogen-bond donors (Lipinski definition) is 2. The van der Waals surface area contributed by atoms with Crippen LogP contribution in [0.3, 0.4) is 0 Å². The molecule has 0 spiro atoms. The molecule has 2 aromatic rings. The van der Waals surface area contributed by atoms with Crippen LogP contribution >= 0.6 is 0 Å². The van der Waals surface area contributed by atoms with Gasteiger partial charge in [-0.1, -0.05) is 73.5 Å². The highest BCUT2D eigenvalue weighted by Crippen LogP contribution is 2.27. The van der Waals surface area contributed by atoms with E-state index in [1.807, 2.05) is 41.3 Å². The maximum atomic E-state index is 12.8. The minimum atomic E-state index is -0.478. The minimum absolute atomic E-state index is 0.0275. The van der Waals surface area contributed by atoms with E-state index in [9.17, 15) is 9.59 Å². The zero-order chi connectivity index (χ0) is 22.3. The van der Waals surface area contributed by atoms with Crippen molar-refractivity contribution in [2.45, 2.75) is 63.7 Å². The van der Waals surface area contributed by atoms with Crippen molar-refractivity contribution in [1.29, 1.82) is 0 Å². The molecule has 0 saturated heterocycles. The summed E-state index contributed by atoms with van der Waals surface area (Å²) in [5, 5.41) is 3.11. The van der Waals surface area contributed by atoms with E-state index in [4.69, 9.17) is 5.73 Å². The van der Waals surface area contributed by atoms with Crippen LogP contribution in [0.5, 0.6) is 0 Å². The largest absolute Gasteiger partial charge is 0.349 e. The SMILES string of the molecule is NC(C(=O)N[C@H](/C=C/C(=O)N1Cc2ccccc2C1)CCc1ccccc1)C1CCCC1. The number of carbonyl (C=O) groups is 2. The van der Waals surface area contributed by atoms with Crippen LogP contribution in [0.4, 0.5) is 0 Å². The molecule has 0 aromatic heterocycles. The molecule has 168 valence electrons. The second kappa shape index (κ2) is 10.6. The number of nitrogens with one attached hydrogen (secondary N) is 1. The van der Waals surface area contributed by atoms with E-state index in [1.165, 1.54) is 16.7 Å². The molecule has 2 aromatic carbocycles. The normalized spacial score (nSPS) is 18.0. The zero-order valence-corrected chi connectivity index (χ0v) is 18.6. The van der Waals surface area contributed by atoms with E-state index in [2.05, 4.69) is 29.6 Å². The number of carbonyl (C=O) groups excluding carboxylic acids is 2. The molecular formula is C27H33N3O2. The van der Waals surface area contributed by atoms with Crippen molar-refractivity contribution in [3.8, 4) is 0 Å². The standard InChI is InChI=1S/C27H33N3O2/c28-26(21-10-4-5-11-21)27(32)29-24(15-14-20-8-2-1-3-9-20)16-17-25(31)30-18-22-12-6-7-13-23(22)19-30/h1-3,6-9,12-13,16-17,21,24,26H,4-5,10-11,14-15,18-19,28H2,(H,29,32)/b17-16+/t24-,26?/m0/s1. The van der Waals surface area contributed by atoms with Gasteiger partial charge in [-0.05, 0) is 48.3 Å². The molecule has 2 amide bonds. The fourth-order valence-corrected chi connectivity index (χ4v) is 4.79. The monoisotopic (exact) mass is 431 g/mol. The number of benzene rings is 2. The second-order valence-electron chi connectivity index (χ2n) is 9.03. The fourth-order valence-electron chi connectivity index (χ4n) is 4.79. The predicted molar refractivity (Wildman–Crippen MR) is 126 cm³/mol. The molecule has 1 aliphatic carbocycles. The van der Waals surface area contributed by atoms with Crippen LogP contribution in [0.25, 0.3) is 0 Å². The summed E-state index contributed by atoms with van der Waals surface area (Å²) in [6, 6.07) is 17.6. The van der Waals surface area contributed by atoms with Gasteiger partial charge < -0.3 is 16.0 Å². The quantitative estimate of drug-likeness (QED) is 0.626. The maximum absolute atomic E-state index is 12.8. The number of hydrogen-bond acceptors (Lipinski definition) is 3. The van der Waals surface area contributed by atoms with E-state index in [-0.39, 0.29) is 23.8 Å². The predicted octanol–water partition coefficient (Wildman–Crippen LogP) is 3.72. The topological polar surface area (TPSA) is 75.4 Å². The third kappa shape index (κ3) is 5.65. The first-order valence-corrected chi connectivity index (χ1v) is 11.7.